The average Bonchev–Trinajstić information content (AvgIpc) is 3.02. The fourth-order valence-electron chi connectivity index (χ4n) is 1.72. The number of terminal acetylenes is 1. The number of rotatable bonds is 4. The molecule has 1 aliphatic heterocycles. The topological polar surface area (TPSA) is 87.8 Å². The van der Waals surface area contributed by atoms with Crippen LogP contribution in [0.25, 0.3) is 0 Å². The predicted octanol–water partition coefficient (Wildman–Crippen LogP) is -0.550. The smallest absolute Gasteiger partial charge is 0.346 e. The van der Waals surface area contributed by atoms with Crippen LogP contribution in [0.4, 0.5) is 4.79 Å². The Morgan fingerprint density at radius 2 is 2.35 bits per heavy atom. The van der Waals surface area contributed by atoms with Gasteiger partial charge in [-0.3, -0.25) is 4.79 Å². The average molecular weight is 234 g/mol. The molecule has 0 aromatic heterocycles. The summed E-state index contributed by atoms with van der Waals surface area (Å²) in [6.45, 7) is 0.115. The molecule has 2 aliphatic rings. The minimum absolute atomic E-state index is 0.115. The summed E-state index contributed by atoms with van der Waals surface area (Å²) >= 11 is 0. The molecule has 3 amide bonds. The number of urea groups is 1. The van der Waals surface area contributed by atoms with Crippen molar-refractivity contribution in [2.24, 2.45) is 10.7 Å². The number of hydrogen-bond acceptors (Lipinski definition) is 3. The summed E-state index contributed by atoms with van der Waals surface area (Å²) in [4.78, 5) is 28.0. The molecule has 0 bridgehead atoms. The van der Waals surface area contributed by atoms with Crippen LogP contribution >= 0.6 is 0 Å². The van der Waals surface area contributed by atoms with Crippen LogP contribution in [0.2, 0.25) is 0 Å². The molecule has 1 aliphatic carbocycles. The number of amidine groups is 1. The lowest BCUT2D eigenvalue weighted by atomic mass is 10.1. The molecule has 1 saturated carbocycles. The van der Waals surface area contributed by atoms with Crippen LogP contribution in [0.1, 0.15) is 19.3 Å². The third-order valence-corrected chi connectivity index (χ3v) is 2.77. The van der Waals surface area contributed by atoms with Crippen LogP contribution in [0.3, 0.4) is 0 Å². The SMILES string of the molecule is C#CCN1C(=O)N=C(N)C1CC(=O)NC1CC1. The summed E-state index contributed by atoms with van der Waals surface area (Å²) in [7, 11) is 0. The summed E-state index contributed by atoms with van der Waals surface area (Å²) in [5.41, 5.74) is 5.62. The summed E-state index contributed by atoms with van der Waals surface area (Å²) in [6, 6.07) is -0.680. The van der Waals surface area contributed by atoms with E-state index < -0.39 is 12.1 Å². The molecular formula is C11H14N4O2. The Balaban J connectivity index is 1.96. The van der Waals surface area contributed by atoms with Gasteiger partial charge >= 0.3 is 6.03 Å². The second-order valence-electron chi connectivity index (χ2n) is 4.21. The van der Waals surface area contributed by atoms with E-state index in [0.29, 0.717) is 6.04 Å². The number of nitrogens with one attached hydrogen (secondary N) is 1. The van der Waals surface area contributed by atoms with Crippen LogP contribution in [0.15, 0.2) is 4.99 Å². The maximum absolute atomic E-state index is 11.6. The molecule has 90 valence electrons. The lowest BCUT2D eigenvalue weighted by Gasteiger charge is -2.21. The molecule has 1 unspecified atom stereocenters. The molecule has 17 heavy (non-hydrogen) atoms. The maximum atomic E-state index is 11.6. The highest BCUT2D eigenvalue weighted by Gasteiger charge is 2.35. The molecule has 0 spiro atoms. The van der Waals surface area contributed by atoms with E-state index in [9.17, 15) is 9.59 Å². The van der Waals surface area contributed by atoms with Crippen LogP contribution in [-0.4, -0.2) is 41.3 Å². The Bertz CT molecular complexity index is 420. The van der Waals surface area contributed by atoms with Crippen LogP contribution in [-0.2, 0) is 4.79 Å². The van der Waals surface area contributed by atoms with Crippen molar-refractivity contribution in [3.8, 4) is 12.3 Å². The van der Waals surface area contributed by atoms with Crippen LogP contribution in [0, 0.1) is 12.3 Å². The van der Waals surface area contributed by atoms with Crippen molar-refractivity contribution >= 4 is 17.8 Å². The van der Waals surface area contributed by atoms with E-state index in [-0.39, 0.29) is 24.7 Å². The van der Waals surface area contributed by atoms with Crippen molar-refractivity contribution in [1.29, 1.82) is 0 Å². The molecule has 1 fully saturated rings. The van der Waals surface area contributed by atoms with E-state index in [1.54, 1.807) is 0 Å². The first-order chi connectivity index (χ1) is 8.11. The summed E-state index contributed by atoms with van der Waals surface area (Å²) in [5.74, 6) is 2.41. The van der Waals surface area contributed by atoms with E-state index >= 15 is 0 Å². The highest BCUT2D eigenvalue weighted by molar-refractivity contribution is 6.04. The molecule has 0 aromatic carbocycles. The van der Waals surface area contributed by atoms with Gasteiger partial charge in [-0.05, 0) is 12.8 Å². The third kappa shape index (κ3) is 2.56. The zero-order valence-corrected chi connectivity index (χ0v) is 9.35. The van der Waals surface area contributed by atoms with Gasteiger partial charge in [-0.15, -0.1) is 6.42 Å². The van der Waals surface area contributed by atoms with Crippen molar-refractivity contribution in [2.75, 3.05) is 6.54 Å². The fraction of sp³-hybridized carbons (Fsp3) is 0.545. The monoisotopic (exact) mass is 234 g/mol. The maximum Gasteiger partial charge on any atom is 0.346 e. The number of aliphatic imine (C=N–C) groups is 1. The zero-order chi connectivity index (χ0) is 12.4. The summed E-state index contributed by atoms with van der Waals surface area (Å²) in [6.07, 6.45) is 7.33. The van der Waals surface area contributed by atoms with Gasteiger partial charge in [-0.25, -0.2) is 4.79 Å². The van der Waals surface area contributed by atoms with Gasteiger partial charge in [0.05, 0.1) is 13.0 Å². The van der Waals surface area contributed by atoms with Crippen molar-refractivity contribution in [1.82, 2.24) is 10.2 Å². The molecule has 0 radical (unpaired) electrons. The van der Waals surface area contributed by atoms with E-state index in [0.717, 1.165) is 12.8 Å². The largest absolute Gasteiger partial charge is 0.385 e. The number of hydrogen-bond donors (Lipinski definition) is 2. The standard InChI is InChI=1S/C11H14N4O2/c1-2-5-15-8(10(12)14-11(15)17)6-9(16)13-7-3-4-7/h1,7-8H,3-6H2,(H,13,16)(H2,12,14,17). The Morgan fingerprint density at radius 1 is 1.65 bits per heavy atom. The number of amides is 3. The quantitative estimate of drug-likeness (QED) is 0.640. The minimum Gasteiger partial charge on any atom is -0.385 e. The molecule has 6 heteroatoms. The highest BCUT2D eigenvalue weighted by Crippen LogP contribution is 2.20. The molecule has 6 nitrogen and oxygen atoms in total. The third-order valence-electron chi connectivity index (χ3n) is 2.77. The van der Waals surface area contributed by atoms with Gasteiger partial charge in [0.15, 0.2) is 0 Å². The Hall–Kier alpha value is -2.03. The van der Waals surface area contributed by atoms with Gasteiger partial charge < -0.3 is 16.0 Å². The van der Waals surface area contributed by atoms with E-state index in [1.165, 1.54) is 4.90 Å². The number of carbonyl (C=O) groups excluding carboxylic acids is 2. The molecule has 3 N–H and O–H groups in total. The van der Waals surface area contributed by atoms with E-state index in [4.69, 9.17) is 12.2 Å². The van der Waals surface area contributed by atoms with E-state index in [1.807, 2.05) is 0 Å². The van der Waals surface area contributed by atoms with Gasteiger partial charge in [0.1, 0.15) is 11.9 Å². The normalized spacial score (nSPS) is 23.2. The van der Waals surface area contributed by atoms with Crippen molar-refractivity contribution < 1.29 is 9.59 Å². The summed E-state index contributed by atoms with van der Waals surface area (Å²) in [5, 5.41) is 2.84. The van der Waals surface area contributed by atoms with Gasteiger partial charge in [0.25, 0.3) is 0 Å². The first-order valence-corrected chi connectivity index (χ1v) is 5.49. The molecule has 1 atom stereocenters. The number of nitrogens with zero attached hydrogens (tertiary/aromatic N) is 2. The summed E-state index contributed by atoms with van der Waals surface area (Å²) < 4.78 is 0. The van der Waals surface area contributed by atoms with Gasteiger partial charge in [-0.1, -0.05) is 5.92 Å². The van der Waals surface area contributed by atoms with Gasteiger partial charge in [-0.2, -0.15) is 4.99 Å². The van der Waals surface area contributed by atoms with Gasteiger partial charge in [0.2, 0.25) is 5.91 Å². The fourth-order valence-corrected chi connectivity index (χ4v) is 1.72. The van der Waals surface area contributed by atoms with Crippen molar-refractivity contribution in [2.45, 2.75) is 31.3 Å². The molecule has 1 heterocycles. The second kappa shape index (κ2) is 4.45. The first kappa shape index (κ1) is 11.5. The molecular weight excluding hydrogens is 220 g/mol. The Labute approximate surface area is 99.2 Å². The minimum atomic E-state index is -0.503. The Kier molecular flexibility index (Phi) is 3.00. The van der Waals surface area contributed by atoms with E-state index in [2.05, 4.69) is 16.2 Å². The lowest BCUT2D eigenvalue weighted by molar-refractivity contribution is -0.121. The number of nitrogens with two attached hydrogens (primary N) is 1. The second-order valence-corrected chi connectivity index (χ2v) is 4.21. The lowest BCUT2D eigenvalue weighted by Crippen LogP contribution is -2.44. The Morgan fingerprint density at radius 3 is 2.94 bits per heavy atom. The highest BCUT2D eigenvalue weighted by atomic mass is 16.2. The zero-order valence-electron chi connectivity index (χ0n) is 9.35. The number of carbonyl (C=O) groups is 2. The predicted molar refractivity (Wildman–Crippen MR) is 62.1 cm³/mol. The first-order valence-electron chi connectivity index (χ1n) is 5.49. The van der Waals surface area contributed by atoms with Gasteiger partial charge in [0, 0.05) is 6.04 Å². The molecule has 0 aromatic rings. The van der Waals surface area contributed by atoms with Crippen molar-refractivity contribution in [3.05, 3.63) is 0 Å². The molecule has 2 rings (SSSR count). The van der Waals surface area contributed by atoms with Crippen LogP contribution in [0.5, 0.6) is 0 Å². The molecule has 0 saturated heterocycles. The van der Waals surface area contributed by atoms with Crippen molar-refractivity contribution in [3.63, 3.8) is 0 Å². The van der Waals surface area contributed by atoms with Crippen LogP contribution < -0.4 is 11.1 Å².